The topological polar surface area (TPSA) is 118 Å². The number of benzene rings is 3. The Bertz CT molecular complexity index is 1920. The lowest BCUT2D eigenvalue weighted by Crippen LogP contribution is -2.50. The van der Waals surface area contributed by atoms with Crippen LogP contribution in [0, 0.1) is 0 Å². The zero-order valence-electron chi connectivity index (χ0n) is 25.6. The molecule has 4 heterocycles. The minimum Gasteiger partial charge on any atom is -0.497 e. The molecule has 1 aliphatic heterocycles. The first kappa shape index (κ1) is 28.9. The molecule has 0 bridgehead atoms. The van der Waals surface area contributed by atoms with Crippen LogP contribution in [0.3, 0.4) is 0 Å². The summed E-state index contributed by atoms with van der Waals surface area (Å²) in [4.78, 5) is 21.9. The van der Waals surface area contributed by atoms with Crippen molar-refractivity contribution in [3.8, 4) is 5.75 Å². The highest BCUT2D eigenvalue weighted by molar-refractivity contribution is 5.84. The summed E-state index contributed by atoms with van der Waals surface area (Å²) < 4.78 is 7.69. The molecule has 3 aromatic heterocycles. The summed E-state index contributed by atoms with van der Waals surface area (Å²) in [5.41, 5.74) is 11.8. The average Bonchev–Trinajstić information content (AvgIpc) is 3.80. The largest absolute Gasteiger partial charge is 0.497 e. The molecule has 9 nitrogen and oxygen atoms in total. The zero-order valence-corrected chi connectivity index (χ0v) is 25.6. The van der Waals surface area contributed by atoms with Crippen molar-refractivity contribution in [1.82, 2.24) is 29.6 Å². The second kappa shape index (κ2) is 12.6. The second-order valence-corrected chi connectivity index (χ2v) is 12.0. The number of carbonyl (C=O) groups excluding carboxylic acids is 1. The Morgan fingerprint density at radius 1 is 0.911 bits per heavy atom. The van der Waals surface area contributed by atoms with E-state index < -0.39 is 0 Å². The number of methoxy groups -OCH3 is 1. The summed E-state index contributed by atoms with van der Waals surface area (Å²) in [5, 5.41) is 12.2. The van der Waals surface area contributed by atoms with E-state index in [1.165, 1.54) is 21.9 Å². The van der Waals surface area contributed by atoms with Gasteiger partial charge >= 0.3 is 0 Å². The number of hydrogen-bond acceptors (Lipinski definition) is 5. The molecule has 1 amide bonds. The normalized spacial score (nSPS) is 16.3. The van der Waals surface area contributed by atoms with Crippen molar-refractivity contribution in [2.24, 2.45) is 5.73 Å². The molecule has 0 unspecified atom stereocenters. The number of likely N-dealkylation sites (tertiary alicyclic amines) is 1. The number of para-hydroxylation sites is 2. The van der Waals surface area contributed by atoms with Crippen molar-refractivity contribution in [3.05, 3.63) is 114 Å². The molecular formula is C36H39N7O2. The van der Waals surface area contributed by atoms with Crippen LogP contribution in [0.25, 0.3) is 21.8 Å². The lowest BCUT2D eigenvalue weighted by molar-refractivity contribution is -0.125. The minimum absolute atomic E-state index is 0.186. The number of H-pyrrole nitrogens is 2. The number of carbonyl (C=O) groups is 1. The number of nitrogens with zero attached hydrogens (tertiary/aromatic N) is 4. The smallest absolute Gasteiger partial charge is 0.234 e. The van der Waals surface area contributed by atoms with Crippen molar-refractivity contribution in [2.75, 3.05) is 13.7 Å². The van der Waals surface area contributed by atoms with Crippen LogP contribution in [0.1, 0.15) is 53.6 Å². The van der Waals surface area contributed by atoms with Gasteiger partial charge in [0.05, 0.1) is 25.7 Å². The van der Waals surface area contributed by atoms with Crippen LogP contribution in [-0.4, -0.2) is 55.2 Å². The molecule has 1 fully saturated rings. The van der Waals surface area contributed by atoms with Gasteiger partial charge in [-0.25, -0.2) is 0 Å². The summed E-state index contributed by atoms with van der Waals surface area (Å²) in [6, 6.07) is 24.4. The lowest BCUT2D eigenvalue weighted by atomic mass is 9.95. The van der Waals surface area contributed by atoms with E-state index >= 15 is 0 Å². The standard InChI is InChI=1S/C36H39N7O2/c1-45-27-16-13-24(14-17-27)23-43-34(18-15-25-21-38-30-10-4-2-8-28(25)30)40-41-36(43)33(42-19-7-6-12-32(42)35(37)44)20-26-22-39-31-11-5-3-9-29(26)31/h2-5,8-11,13-14,16-17,21-22,32-33,38-39H,6-7,12,15,18-20,23H2,1H3,(H2,37,44)/t32-,33-/m1/s1. The first-order valence-corrected chi connectivity index (χ1v) is 15.8. The monoisotopic (exact) mass is 601 g/mol. The highest BCUT2D eigenvalue weighted by Crippen LogP contribution is 2.34. The quantitative estimate of drug-likeness (QED) is 0.176. The fourth-order valence-electron chi connectivity index (χ4n) is 6.95. The first-order valence-electron chi connectivity index (χ1n) is 15.8. The number of aromatic amines is 2. The van der Waals surface area contributed by atoms with Crippen LogP contribution in [0.2, 0.25) is 0 Å². The van der Waals surface area contributed by atoms with Crippen LogP contribution < -0.4 is 10.5 Å². The minimum atomic E-state index is -0.352. The molecule has 0 aliphatic carbocycles. The fourth-order valence-corrected chi connectivity index (χ4v) is 6.95. The number of aryl methyl sites for hydroxylation is 2. The van der Waals surface area contributed by atoms with Gasteiger partial charge in [0.2, 0.25) is 5.91 Å². The third-order valence-electron chi connectivity index (χ3n) is 9.31. The number of aromatic nitrogens is 5. The van der Waals surface area contributed by atoms with Gasteiger partial charge in [0.25, 0.3) is 0 Å². The molecule has 0 saturated carbocycles. The molecule has 4 N–H and O–H groups in total. The number of hydrogen-bond donors (Lipinski definition) is 3. The van der Waals surface area contributed by atoms with Gasteiger partial charge in [-0.1, -0.05) is 55.0 Å². The number of nitrogens with one attached hydrogen (secondary N) is 2. The summed E-state index contributed by atoms with van der Waals surface area (Å²) in [5.74, 6) is 2.32. The van der Waals surface area contributed by atoms with Crippen molar-refractivity contribution in [1.29, 1.82) is 0 Å². The molecule has 9 heteroatoms. The van der Waals surface area contributed by atoms with Gasteiger partial charge < -0.3 is 25.0 Å². The second-order valence-electron chi connectivity index (χ2n) is 12.0. The Kier molecular flexibility index (Phi) is 8.09. The number of ether oxygens (including phenoxy) is 1. The molecule has 0 radical (unpaired) electrons. The Morgan fingerprint density at radius 2 is 1.60 bits per heavy atom. The third kappa shape index (κ3) is 5.83. The maximum Gasteiger partial charge on any atom is 0.234 e. The molecule has 1 aliphatic rings. The van der Waals surface area contributed by atoms with Gasteiger partial charge in [-0.05, 0) is 73.2 Å². The Morgan fingerprint density at radius 3 is 2.31 bits per heavy atom. The average molecular weight is 602 g/mol. The van der Waals surface area contributed by atoms with Gasteiger partial charge in [-0.2, -0.15) is 0 Å². The SMILES string of the molecule is COc1ccc(Cn2c(CCc3c[nH]c4ccccc34)nnc2[C@@H](Cc2c[nH]c3ccccc23)N2CCCC[C@@H]2C(N)=O)cc1. The van der Waals surface area contributed by atoms with E-state index in [0.29, 0.717) is 13.0 Å². The van der Waals surface area contributed by atoms with E-state index in [1.54, 1.807) is 7.11 Å². The Balaban J connectivity index is 1.30. The van der Waals surface area contributed by atoms with E-state index in [2.05, 4.69) is 80.4 Å². The lowest BCUT2D eigenvalue weighted by Gasteiger charge is -2.39. The molecule has 7 rings (SSSR count). The maximum absolute atomic E-state index is 12.8. The number of rotatable bonds is 11. The summed E-state index contributed by atoms with van der Waals surface area (Å²) in [6.45, 7) is 1.38. The molecule has 45 heavy (non-hydrogen) atoms. The van der Waals surface area contributed by atoms with Gasteiger partial charge in [0.15, 0.2) is 5.82 Å². The number of piperidine rings is 1. The predicted octanol–water partition coefficient (Wildman–Crippen LogP) is 5.71. The van der Waals surface area contributed by atoms with Gasteiger partial charge in [0.1, 0.15) is 11.6 Å². The molecule has 230 valence electrons. The van der Waals surface area contributed by atoms with Crippen LogP contribution in [0.4, 0.5) is 0 Å². The number of primary amides is 1. The third-order valence-corrected chi connectivity index (χ3v) is 9.31. The van der Waals surface area contributed by atoms with Gasteiger partial charge in [-0.15, -0.1) is 10.2 Å². The highest BCUT2D eigenvalue weighted by Gasteiger charge is 2.36. The van der Waals surface area contributed by atoms with E-state index in [4.69, 9.17) is 20.7 Å². The molecule has 2 atom stereocenters. The molecule has 3 aromatic carbocycles. The fraction of sp³-hybridized carbons (Fsp3) is 0.306. The number of fused-ring (bicyclic) bond motifs is 2. The van der Waals surface area contributed by atoms with Crippen molar-refractivity contribution >= 4 is 27.7 Å². The molecule has 6 aromatic rings. The maximum atomic E-state index is 12.8. The highest BCUT2D eigenvalue weighted by atomic mass is 16.5. The molecule has 1 saturated heterocycles. The van der Waals surface area contributed by atoms with Gasteiger partial charge in [-0.3, -0.25) is 9.69 Å². The molecule has 0 spiro atoms. The van der Waals surface area contributed by atoms with E-state index in [9.17, 15) is 4.79 Å². The Labute approximate surface area is 262 Å². The van der Waals surface area contributed by atoms with E-state index in [-0.39, 0.29) is 18.0 Å². The molecular weight excluding hydrogens is 562 g/mol. The van der Waals surface area contributed by atoms with Crippen molar-refractivity contribution in [2.45, 2.75) is 57.2 Å². The van der Waals surface area contributed by atoms with Crippen molar-refractivity contribution < 1.29 is 9.53 Å². The first-order chi connectivity index (χ1) is 22.1. The zero-order chi connectivity index (χ0) is 30.8. The summed E-state index contributed by atoms with van der Waals surface area (Å²) in [7, 11) is 1.68. The number of amides is 1. The van der Waals surface area contributed by atoms with E-state index in [1.807, 2.05) is 24.3 Å². The van der Waals surface area contributed by atoms with Crippen LogP contribution in [0.5, 0.6) is 5.75 Å². The Hall–Kier alpha value is -4.89. The van der Waals surface area contributed by atoms with Crippen LogP contribution in [-0.2, 0) is 30.6 Å². The number of nitrogens with two attached hydrogens (primary N) is 1. The summed E-state index contributed by atoms with van der Waals surface area (Å²) >= 11 is 0. The summed E-state index contributed by atoms with van der Waals surface area (Å²) in [6.07, 6.45) is 9.16. The van der Waals surface area contributed by atoms with Crippen LogP contribution in [0.15, 0.2) is 85.2 Å². The van der Waals surface area contributed by atoms with Crippen molar-refractivity contribution in [3.63, 3.8) is 0 Å². The van der Waals surface area contributed by atoms with Crippen LogP contribution >= 0.6 is 0 Å². The predicted molar refractivity (Wildman–Crippen MR) is 176 cm³/mol. The van der Waals surface area contributed by atoms with Gasteiger partial charge in [0, 0.05) is 40.6 Å². The van der Waals surface area contributed by atoms with E-state index in [0.717, 1.165) is 72.6 Å².